The third-order valence-corrected chi connectivity index (χ3v) is 3.89. The monoisotopic (exact) mass is 252 g/mol. The standard InChI is InChI=1S/C15H24OS/c16-12-7-2-1-3-8-13-17-14-11-15-9-5-4-6-10-15/h4-6,9-10,16H,1-3,7-8,11-14H2. The molecule has 0 unspecified atom stereocenters. The van der Waals surface area contributed by atoms with Crippen molar-refractivity contribution in [1.29, 1.82) is 0 Å². The zero-order valence-corrected chi connectivity index (χ0v) is 11.4. The van der Waals surface area contributed by atoms with Crippen molar-refractivity contribution in [1.82, 2.24) is 0 Å². The fourth-order valence-corrected chi connectivity index (χ4v) is 2.78. The van der Waals surface area contributed by atoms with Gasteiger partial charge in [0.25, 0.3) is 0 Å². The van der Waals surface area contributed by atoms with Crippen LogP contribution in [0.15, 0.2) is 30.3 Å². The molecule has 1 aromatic carbocycles. The van der Waals surface area contributed by atoms with E-state index in [0.717, 1.165) is 6.42 Å². The van der Waals surface area contributed by atoms with E-state index < -0.39 is 0 Å². The first kappa shape index (κ1) is 14.6. The molecule has 1 aromatic rings. The second kappa shape index (κ2) is 10.7. The van der Waals surface area contributed by atoms with Crippen LogP contribution in [0.2, 0.25) is 0 Å². The molecule has 96 valence electrons. The highest BCUT2D eigenvalue weighted by molar-refractivity contribution is 7.99. The minimum absolute atomic E-state index is 0.353. The zero-order chi connectivity index (χ0) is 12.2. The summed E-state index contributed by atoms with van der Waals surface area (Å²) in [6, 6.07) is 10.7. The molecule has 1 rings (SSSR count). The quantitative estimate of drug-likeness (QED) is 0.637. The topological polar surface area (TPSA) is 20.2 Å². The molecule has 0 amide bonds. The van der Waals surface area contributed by atoms with Gasteiger partial charge in [-0.25, -0.2) is 0 Å². The van der Waals surface area contributed by atoms with E-state index in [9.17, 15) is 0 Å². The molecule has 0 aliphatic carbocycles. The molecule has 0 radical (unpaired) electrons. The largest absolute Gasteiger partial charge is 0.396 e. The number of unbranched alkanes of at least 4 members (excludes halogenated alkanes) is 4. The van der Waals surface area contributed by atoms with E-state index in [1.807, 2.05) is 0 Å². The van der Waals surface area contributed by atoms with E-state index in [-0.39, 0.29) is 0 Å². The van der Waals surface area contributed by atoms with E-state index in [2.05, 4.69) is 42.1 Å². The lowest BCUT2D eigenvalue weighted by atomic mass is 10.2. The maximum Gasteiger partial charge on any atom is 0.0431 e. The molecule has 0 heterocycles. The molecular formula is C15H24OS. The molecule has 0 aliphatic rings. The summed E-state index contributed by atoms with van der Waals surface area (Å²) < 4.78 is 0. The average molecular weight is 252 g/mol. The number of hydrogen-bond donors (Lipinski definition) is 1. The summed E-state index contributed by atoms with van der Waals surface area (Å²) in [5, 5.41) is 8.64. The molecule has 1 nitrogen and oxygen atoms in total. The maximum atomic E-state index is 8.64. The Morgan fingerprint density at radius 3 is 2.29 bits per heavy atom. The molecule has 0 bridgehead atoms. The molecule has 0 atom stereocenters. The number of rotatable bonds is 10. The van der Waals surface area contributed by atoms with Crippen LogP contribution in [-0.4, -0.2) is 23.2 Å². The number of aliphatic hydroxyl groups excluding tert-OH is 1. The van der Waals surface area contributed by atoms with Crippen molar-refractivity contribution < 1.29 is 5.11 Å². The van der Waals surface area contributed by atoms with Gasteiger partial charge in [0, 0.05) is 6.61 Å². The summed E-state index contributed by atoms with van der Waals surface area (Å²) in [5.74, 6) is 2.52. The summed E-state index contributed by atoms with van der Waals surface area (Å²) in [6.07, 6.45) is 7.27. The van der Waals surface area contributed by atoms with Gasteiger partial charge in [0.2, 0.25) is 0 Å². The highest BCUT2D eigenvalue weighted by atomic mass is 32.2. The van der Waals surface area contributed by atoms with E-state index in [0.29, 0.717) is 6.61 Å². The van der Waals surface area contributed by atoms with Crippen molar-refractivity contribution in [2.75, 3.05) is 18.1 Å². The van der Waals surface area contributed by atoms with E-state index in [1.54, 1.807) is 0 Å². The van der Waals surface area contributed by atoms with Crippen LogP contribution in [0.1, 0.15) is 37.7 Å². The van der Waals surface area contributed by atoms with E-state index >= 15 is 0 Å². The summed E-state index contributed by atoms with van der Waals surface area (Å²) in [7, 11) is 0. The zero-order valence-electron chi connectivity index (χ0n) is 10.6. The third kappa shape index (κ3) is 8.28. The lowest BCUT2D eigenvalue weighted by Gasteiger charge is -2.02. The Balaban J connectivity index is 1.85. The highest BCUT2D eigenvalue weighted by Crippen LogP contribution is 2.11. The van der Waals surface area contributed by atoms with Crippen molar-refractivity contribution in [3.05, 3.63) is 35.9 Å². The summed E-state index contributed by atoms with van der Waals surface area (Å²) in [6.45, 7) is 0.353. The predicted octanol–water partition coefficient (Wildman–Crippen LogP) is 3.91. The number of hydrogen-bond acceptors (Lipinski definition) is 2. The number of aliphatic hydroxyl groups is 1. The first-order valence-electron chi connectivity index (χ1n) is 6.66. The van der Waals surface area contributed by atoms with Gasteiger partial charge in [0.1, 0.15) is 0 Å². The molecule has 0 saturated heterocycles. The van der Waals surface area contributed by atoms with Crippen LogP contribution in [0.5, 0.6) is 0 Å². The smallest absolute Gasteiger partial charge is 0.0431 e. The lowest BCUT2D eigenvalue weighted by Crippen LogP contribution is -1.90. The molecule has 0 aromatic heterocycles. The first-order valence-corrected chi connectivity index (χ1v) is 7.81. The Kier molecular flexibility index (Phi) is 9.16. The Morgan fingerprint density at radius 2 is 1.53 bits per heavy atom. The minimum Gasteiger partial charge on any atom is -0.396 e. The van der Waals surface area contributed by atoms with Gasteiger partial charge in [0.05, 0.1) is 0 Å². The van der Waals surface area contributed by atoms with Crippen LogP contribution < -0.4 is 0 Å². The van der Waals surface area contributed by atoms with Crippen molar-refractivity contribution in [3.8, 4) is 0 Å². The van der Waals surface area contributed by atoms with Crippen LogP contribution in [-0.2, 0) is 6.42 Å². The molecular weight excluding hydrogens is 228 g/mol. The third-order valence-electron chi connectivity index (χ3n) is 2.82. The first-order chi connectivity index (χ1) is 8.43. The minimum atomic E-state index is 0.353. The molecule has 0 spiro atoms. The van der Waals surface area contributed by atoms with Gasteiger partial charge >= 0.3 is 0 Å². The van der Waals surface area contributed by atoms with Crippen LogP contribution in [0.4, 0.5) is 0 Å². The average Bonchev–Trinajstić information content (AvgIpc) is 2.38. The SMILES string of the molecule is OCCCCCCCSCCc1ccccc1. The van der Waals surface area contributed by atoms with Crippen molar-refractivity contribution >= 4 is 11.8 Å². The molecule has 17 heavy (non-hydrogen) atoms. The van der Waals surface area contributed by atoms with Gasteiger partial charge in [0.15, 0.2) is 0 Å². The van der Waals surface area contributed by atoms with Crippen LogP contribution in [0.25, 0.3) is 0 Å². The van der Waals surface area contributed by atoms with Gasteiger partial charge in [-0.05, 0) is 36.3 Å². The second-order valence-corrected chi connectivity index (χ2v) is 5.56. The normalized spacial score (nSPS) is 10.6. The van der Waals surface area contributed by atoms with Gasteiger partial charge < -0.3 is 5.11 Å². The van der Waals surface area contributed by atoms with E-state index in [1.165, 1.54) is 49.2 Å². The van der Waals surface area contributed by atoms with Crippen molar-refractivity contribution in [2.24, 2.45) is 0 Å². The van der Waals surface area contributed by atoms with Crippen LogP contribution in [0, 0.1) is 0 Å². The summed E-state index contributed by atoms with van der Waals surface area (Å²) >= 11 is 2.06. The number of thioether (sulfide) groups is 1. The second-order valence-electron chi connectivity index (χ2n) is 4.34. The summed E-state index contributed by atoms with van der Waals surface area (Å²) in [5.41, 5.74) is 1.45. The Bertz CT molecular complexity index is 261. The fraction of sp³-hybridized carbons (Fsp3) is 0.600. The molecule has 2 heteroatoms. The van der Waals surface area contributed by atoms with Crippen molar-refractivity contribution in [3.63, 3.8) is 0 Å². The number of aryl methyl sites for hydroxylation is 1. The highest BCUT2D eigenvalue weighted by Gasteiger charge is 1.94. The predicted molar refractivity (Wildman–Crippen MR) is 77.6 cm³/mol. The van der Waals surface area contributed by atoms with Gasteiger partial charge in [-0.15, -0.1) is 0 Å². The molecule has 0 saturated carbocycles. The van der Waals surface area contributed by atoms with Gasteiger partial charge in [-0.2, -0.15) is 11.8 Å². The van der Waals surface area contributed by atoms with E-state index in [4.69, 9.17) is 5.11 Å². The Hall–Kier alpha value is -0.470. The Labute approximate surface area is 110 Å². The lowest BCUT2D eigenvalue weighted by molar-refractivity contribution is 0.282. The van der Waals surface area contributed by atoms with Crippen LogP contribution >= 0.6 is 11.8 Å². The molecule has 1 N–H and O–H groups in total. The van der Waals surface area contributed by atoms with Crippen molar-refractivity contribution in [2.45, 2.75) is 38.5 Å². The number of benzene rings is 1. The Morgan fingerprint density at radius 1 is 0.824 bits per heavy atom. The van der Waals surface area contributed by atoms with Crippen LogP contribution in [0.3, 0.4) is 0 Å². The fourth-order valence-electron chi connectivity index (χ4n) is 1.78. The van der Waals surface area contributed by atoms with Gasteiger partial charge in [-0.1, -0.05) is 49.6 Å². The molecule has 0 aliphatic heterocycles. The molecule has 0 fully saturated rings. The summed E-state index contributed by atoms with van der Waals surface area (Å²) in [4.78, 5) is 0. The van der Waals surface area contributed by atoms with Gasteiger partial charge in [-0.3, -0.25) is 0 Å². The maximum absolute atomic E-state index is 8.64.